The molecule has 0 amide bonds. The Morgan fingerprint density at radius 3 is 2.83 bits per heavy atom. The van der Waals surface area contributed by atoms with Crippen LogP contribution in [0.2, 0.25) is 0 Å². The summed E-state index contributed by atoms with van der Waals surface area (Å²) in [6, 6.07) is 7.67. The Balaban J connectivity index is 1.72. The topological polar surface area (TPSA) is 38.5 Å². The maximum atomic E-state index is 5.71. The van der Waals surface area contributed by atoms with Crippen molar-refractivity contribution in [2.45, 2.75) is 19.3 Å². The Morgan fingerprint density at radius 1 is 1.33 bits per heavy atom. The van der Waals surface area contributed by atoms with E-state index in [1.807, 2.05) is 24.3 Å². The summed E-state index contributed by atoms with van der Waals surface area (Å²) in [5.74, 6) is 0.849. The fourth-order valence-electron chi connectivity index (χ4n) is 2.22. The molecule has 0 aliphatic carbocycles. The third-order valence-electron chi connectivity index (χ3n) is 3.20. The van der Waals surface area contributed by atoms with E-state index in [1.165, 1.54) is 25.9 Å². The summed E-state index contributed by atoms with van der Waals surface area (Å²) < 4.78 is 5.71. The van der Waals surface area contributed by atoms with Crippen molar-refractivity contribution in [3.05, 3.63) is 29.8 Å². The predicted octanol–water partition coefficient (Wildman–Crippen LogP) is 2.19. The molecule has 1 aromatic rings. The number of likely N-dealkylation sites (tertiary alicyclic amines) is 1. The Hall–Kier alpha value is -1.13. The van der Waals surface area contributed by atoms with Crippen molar-refractivity contribution in [2.24, 2.45) is 5.73 Å². The third kappa shape index (κ3) is 3.96. The van der Waals surface area contributed by atoms with Crippen LogP contribution < -0.4 is 10.5 Å². The van der Waals surface area contributed by atoms with Crippen LogP contribution in [-0.4, -0.2) is 36.1 Å². The smallest absolute Gasteiger partial charge is 0.119 e. The second-order valence-corrected chi connectivity index (χ2v) is 5.08. The minimum atomic E-state index is 0.414. The number of hydrogen-bond acceptors (Lipinski definition) is 3. The highest BCUT2D eigenvalue weighted by Crippen LogP contribution is 2.14. The lowest BCUT2D eigenvalue weighted by Gasteiger charge is -2.14. The van der Waals surface area contributed by atoms with Gasteiger partial charge in [0.15, 0.2) is 0 Å². The van der Waals surface area contributed by atoms with E-state index in [2.05, 4.69) is 4.90 Å². The molecule has 0 unspecified atom stereocenters. The summed E-state index contributed by atoms with van der Waals surface area (Å²) in [6.07, 6.45) is 3.75. The molecule has 98 valence electrons. The Kier molecular flexibility index (Phi) is 4.96. The molecule has 0 saturated carbocycles. The van der Waals surface area contributed by atoms with Crippen molar-refractivity contribution in [1.82, 2.24) is 4.90 Å². The number of rotatable bonds is 6. The standard InChI is InChI=1S/C14H20N2OS/c15-14(18)12-5-3-6-13(11-12)17-10-4-9-16-7-1-2-8-16/h3,5-6,11H,1-2,4,7-10H2,(H2,15,18). The van der Waals surface area contributed by atoms with E-state index in [4.69, 9.17) is 22.7 Å². The van der Waals surface area contributed by atoms with Crippen LogP contribution in [0, 0.1) is 0 Å². The first kappa shape index (κ1) is 13.3. The lowest BCUT2D eigenvalue weighted by atomic mass is 10.2. The molecule has 1 aromatic carbocycles. The molecular formula is C14H20N2OS. The fraction of sp³-hybridized carbons (Fsp3) is 0.500. The van der Waals surface area contributed by atoms with E-state index in [9.17, 15) is 0 Å². The molecule has 1 aliphatic rings. The van der Waals surface area contributed by atoms with Crippen LogP contribution in [0.25, 0.3) is 0 Å². The van der Waals surface area contributed by atoms with E-state index in [1.54, 1.807) is 0 Å². The van der Waals surface area contributed by atoms with Gasteiger partial charge in [0.05, 0.1) is 6.61 Å². The predicted molar refractivity (Wildman–Crippen MR) is 78.1 cm³/mol. The Bertz CT molecular complexity index is 403. The van der Waals surface area contributed by atoms with E-state index in [0.29, 0.717) is 4.99 Å². The summed E-state index contributed by atoms with van der Waals surface area (Å²) in [4.78, 5) is 2.91. The molecule has 18 heavy (non-hydrogen) atoms. The summed E-state index contributed by atoms with van der Waals surface area (Å²) in [6.45, 7) is 4.38. The molecule has 0 atom stereocenters. The summed E-state index contributed by atoms with van der Waals surface area (Å²) >= 11 is 4.95. The minimum absolute atomic E-state index is 0.414. The molecule has 1 aliphatic heterocycles. The van der Waals surface area contributed by atoms with Crippen LogP contribution in [0.1, 0.15) is 24.8 Å². The molecule has 3 nitrogen and oxygen atoms in total. The first-order valence-electron chi connectivity index (χ1n) is 6.51. The highest BCUT2D eigenvalue weighted by atomic mass is 32.1. The summed E-state index contributed by atoms with van der Waals surface area (Å²) in [7, 11) is 0. The first-order chi connectivity index (χ1) is 8.75. The molecule has 1 fully saturated rings. The third-order valence-corrected chi connectivity index (χ3v) is 3.44. The van der Waals surface area contributed by atoms with Gasteiger partial charge in [0.25, 0.3) is 0 Å². The maximum Gasteiger partial charge on any atom is 0.119 e. The van der Waals surface area contributed by atoms with Gasteiger partial charge in [0.2, 0.25) is 0 Å². The second-order valence-electron chi connectivity index (χ2n) is 4.64. The van der Waals surface area contributed by atoms with Gasteiger partial charge < -0.3 is 15.4 Å². The highest BCUT2D eigenvalue weighted by molar-refractivity contribution is 7.80. The molecule has 1 heterocycles. The summed E-state index contributed by atoms with van der Waals surface area (Å²) in [5, 5.41) is 0. The van der Waals surface area contributed by atoms with Crippen LogP contribution in [-0.2, 0) is 0 Å². The van der Waals surface area contributed by atoms with Gasteiger partial charge in [-0.1, -0.05) is 24.4 Å². The van der Waals surface area contributed by atoms with Gasteiger partial charge in [0.1, 0.15) is 10.7 Å². The zero-order valence-corrected chi connectivity index (χ0v) is 11.4. The molecule has 2 rings (SSSR count). The van der Waals surface area contributed by atoms with E-state index >= 15 is 0 Å². The Morgan fingerprint density at radius 2 is 2.11 bits per heavy atom. The number of benzene rings is 1. The maximum absolute atomic E-state index is 5.71. The normalized spacial score (nSPS) is 15.8. The molecule has 0 radical (unpaired) electrons. The van der Waals surface area contributed by atoms with Crippen molar-refractivity contribution >= 4 is 17.2 Å². The van der Waals surface area contributed by atoms with E-state index in [-0.39, 0.29) is 0 Å². The molecule has 0 bridgehead atoms. The minimum Gasteiger partial charge on any atom is -0.494 e. The highest BCUT2D eigenvalue weighted by Gasteiger charge is 2.10. The monoisotopic (exact) mass is 264 g/mol. The average molecular weight is 264 g/mol. The van der Waals surface area contributed by atoms with Crippen molar-refractivity contribution in [3.63, 3.8) is 0 Å². The number of nitrogens with zero attached hydrogens (tertiary/aromatic N) is 1. The fourth-order valence-corrected chi connectivity index (χ4v) is 2.35. The van der Waals surface area contributed by atoms with Crippen molar-refractivity contribution in [3.8, 4) is 5.75 Å². The SMILES string of the molecule is NC(=S)c1cccc(OCCCN2CCCC2)c1. The zero-order chi connectivity index (χ0) is 12.8. The lowest BCUT2D eigenvalue weighted by molar-refractivity contribution is 0.263. The van der Waals surface area contributed by atoms with Gasteiger partial charge in [0, 0.05) is 12.1 Å². The van der Waals surface area contributed by atoms with Gasteiger partial charge in [-0.05, 0) is 44.5 Å². The van der Waals surface area contributed by atoms with Gasteiger partial charge in [-0.3, -0.25) is 0 Å². The molecule has 4 heteroatoms. The second kappa shape index (κ2) is 6.71. The van der Waals surface area contributed by atoms with Gasteiger partial charge >= 0.3 is 0 Å². The van der Waals surface area contributed by atoms with Crippen LogP contribution >= 0.6 is 12.2 Å². The van der Waals surface area contributed by atoms with Crippen LogP contribution in [0.15, 0.2) is 24.3 Å². The molecular weight excluding hydrogens is 244 g/mol. The Labute approximate surface area is 114 Å². The van der Waals surface area contributed by atoms with Crippen molar-refractivity contribution < 1.29 is 4.74 Å². The van der Waals surface area contributed by atoms with Crippen molar-refractivity contribution in [2.75, 3.05) is 26.2 Å². The van der Waals surface area contributed by atoms with Gasteiger partial charge in [-0.25, -0.2) is 0 Å². The van der Waals surface area contributed by atoms with Crippen LogP contribution in [0.4, 0.5) is 0 Å². The lowest BCUT2D eigenvalue weighted by Crippen LogP contribution is -2.21. The number of hydrogen-bond donors (Lipinski definition) is 1. The van der Waals surface area contributed by atoms with E-state index < -0.39 is 0 Å². The average Bonchev–Trinajstić information content (AvgIpc) is 2.88. The zero-order valence-electron chi connectivity index (χ0n) is 10.6. The van der Waals surface area contributed by atoms with Crippen LogP contribution in [0.5, 0.6) is 5.75 Å². The van der Waals surface area contributed by atoms with Gasteiger partial charge in [-0.15, -0.1) is 0 Å². The summed E-state index contributed by atoms with van der Waals surface area (Å²) in [5.41, 5.74) is 6.45. The number of ether oxygens (including phenoxy) is 1. The molecule has 0 spiro atoms. The quantitative estimate of drug-likeness (QED) is 0.631. The van der Waals surface area contributed by atoms with Crippen LogP contribution in [0.3, 0.4) is 0 Å². The molecule has 0 aromatic heterocycles. The molecule has 2 N–H and O–H groups in total. The number of thiocarbonyl (C=S) groups is 1. The van der Waals surface area contributed by atoms with Gasteiger partial charge in [-0.2, -0.15) is 0 Å². The molecule has 1 saturated heterocycles. The largest absolute Gasteiger partial charge is 0.494 e. The first-order valence-corrected chi connectivity index (χ1v) is 6.91. The van der Waals surface area contributed by atoms with Crippen molar-refractivity contribution in [1.29, 1.82) is 0 Å². The number of nitrogens with two attached hydrogens (primary N) is 1. The van der Waals surface area contributed by atoms with E-state index in [0.717, 1.165) is 30.9 Å².